The summed E-state index contributed by atoms with van der Waals surface area (Å²) >= 11 is 0. The van der Waals surface area contributed by atoms with Crippen LogP contribution in [0.2, 0.25) is 0 Å². The Kier molecular flexibility index (Phi) is 5.08. The Morgan fingerprint density at radius 3 is 2.45 bits per heavy atom. The topological polar surface area (TPSA) is 113 Å². The molecule has 1 aromatic rings. The monoisotopic (exact) mass is 281 g/mol. The summed E-state index contributed by atoms with van der Waals surface area (Å²) in [7, 11) is 1.38. The number of carboxylic acids is 2. The summed E-state index contributed by atoms with van der Waals surface area (Å²) in [5.74, 6) is -3.13. The molecule has 3 N–H and O–H groups in total. The van der Waals surface area contributed by atoms with Crippen molar-refractivity contribution in [2.24, 2.45) is 0 Å². The van der Waals surface area contributed by atoms with Crippen molar-refractivity contribution in [2.45, 2.75) is 19.4 Å². The van der Waals surface area contributed by atoms with E-state index < -0.39 is 30.3 Å². The summed E-state index contributed by atoms with van der Waals surface area (Å²) in [6, 6.07) is 3.36. The van der Waals surface area contributed by atoms with E-state index in [2.05, 4.69) is 5.32 Å². The lowest BCUT2D eigenvalue weighted by Gasteiger charge is -2.14. The molecule has 0 radical (unpaired) electrons. The van der Waals surface area contributed by atoms with Gasteiger partial charge in [-0.05, 0) is 19.1 Å². The highest BCUT2D eigenvalue weighted by Gasteiger charge is 2.24. The predicted octanol–water partition coefficient (Wildman–Crippen LogP) is 0.661. The third-order valence-electron chi connectivity index (χ3n) is 2.58. The van der Waals surface area contributed by atoms with Gasteiger partial charge < -0.3 is 20.3 Å². The van der Waals surface area contributed by atoms with E-state index in [1.54, 1.807) is 19.1 Å². The van der Waals surface area contributed by atoms with Crippen molar-refractivity contribution >= 4 is 17.8 Å². The Morgan fingerprint density at radius 2 is 1.95 bits per heavy atom. The molecular weight excluding hydrogens is 266 g/mol. The molecule has 0 bridgehead atoms. The molecule has 108 valence electrons. The summed E-state index contributed by atoms with van der Waals surface area (Å²) in [5.41, 5.74) is 0.949. The number of ether oxygens (including phenoxy) is 1. The van der Waals surface area contributed by atoms with Gasteiger partial charge in [-0.15, -0.1) is 0 Å². The number of aliphatic carboxylic acids is 2. The first-order valence-electron chi connectivity index (χ1n) is 5.75. The van der Waals surface area contributed by atoms with Gasteiger partial charge in [0.15, 0.2) is 0 Å². The first kappa shape index (κ1) is 15.5. The minimum absolute atomic E-state index is 0.157. The van der Waals surface area contributed by atoms with Crippen molar-refractivity contribution in [1.29, 1.82) is 0 Å². The Bertz CT molecular complexity index is 540. The number of nitrogens with one attached hydrogen (secondary N) is 1. The molecule has 0 saturated heterocycles. The normalized spacial score (nSPS) is 11.5. The molecule has 0 aliphatic rings. The second kappa shape index (κ2) is 6.55. The van der Waals surface area contributed by atoms with E-state index in [1.165, 1.54) is 13.2 Å². The van der Waals surface area contributed by atoms with E-state index in [-0.39, 0.29) is 11.3 Å². The molecule has 1 amide bonds. The van der Waals surface area contributed by atoms with Gasteiger partial charge in [0.1, 0.15) is 11.8 Å². The lowest BCUT2D eigenvalue weighted by Crippen LogP contribution is -2.42. The summed E-state index contributed by atoms with van der Waals surface area (Å²) < 4.78 is 5.02. The number of carboxylic acid groups (broad SMARTS) is 2. The number of aryl methyl sites for hydroxylation is 1. The van der Waals surface area contributed by atoms with Gasteiger partial charge in [0, 0.05) is 0 Å². The second-order valence-corrected chi connectivity index (χ2v) is 4.17. The van der Waals surface area contributed by atoms with Crippen molar-refractivity contribution in [3.8, 4) is 5.75 Å². The SMILES string of the molecule is COc1ccc(C)cc1C(=O)N[C@H](CC(=O)O)C(=O)O. The van der Waals surface area contributed by atoms with Crippen molar-refractivity contribution in [3.63, 3.8) is 0 Å². The maximum atomic E-state index is 12.0. The highest BCUT2D eigenvalue weighted by atomic mass is 16.5. The molecule has 0 spiro atoms. The Labute approximate surface area is 115 Å². The molecule has 7 nitrogen and oxygen atoms in total. The van der Waals surface area contributed by atoms with Gasteiger partial charge in [-0.1, -0.05) is 11.6 Å². The van der Waals surface area contributed by atoms with Crippen LogP contribution < -0.4 is 10.1 Å². The van der Waals surface area contributed by atoms with Crippen LogP contribution in [0.25, 0.3) is 0 Å². The summed E-state index contributed by atoms with van der Waals surface area (Å²) in [5, 5.41) is 19.7. The number of hydrogen-bond donors (Lipinski definition) is 3. The minimum Gasteiger partial charge on any atom is -0.496 e. The summed E-state index contributed by atoms with van der Waals surface area (Å²) in [6.07, 6.45) is -0.699. The highest BCUT2D eigenvalue weighted by molar-refractivity contribution is 5.99. The standard InChI is InChI=1S/C13H15NO6/c1-7-3-4-10(20-2)8(5-7)12(17)14-9(13(18)19)6-11(15)16/h3-5,9H,6H2,1-2H3,(H,14,17)(H,15,16)(H,18,19)/t9-/m1/s1. The van der Waals surface area contributed by atoms with Crippen molar-refractivity contribution < 1.29 is 29.3 Å². The molecule has 0 aliphatic carbocycles. The molecule has 0 aliphatic heterocycles. The van der Waals surface area contributed by atoms with E-state index >= 15 is 0 Å². The zero-order valence-electron chi connectivity index (χ0n) is 11.0. The zero-order chi connectivity index (χ0) is 15.3. The van der Waals surface area contributed by atoms with Crippen LogP contribution in [0.4, 0.5) is 0 Å². The van der Waals surface area contributed by atoms with E-state index in [0.717, 1.165) is 5.56 Å². The molecule has 20 heavy (non-hydrogen) atoms. The van der Waals surface area contributed by atoms with Crippen LogP contribution in [0.5, 0.6) is 5.75 Å². The molecule has 1 rings (SSSR count). The van der Waals surface area contributed by atoms with Gasteiger partial charge >= 0.3 is 11.9 Å². The Morgan fingerprint density at radius 1 is 1.30 bits per heavy atom. The number of hydrogen-bond acceptors (Lipinski definition) is 4. The number of amides is 1. The average molecular weight is 281 g/mol. The predicted molar refractivity (Wildman–Crippen MR) is 68.9 cm³/mol. The maximum Gasteiger partial charge on any atom is 0.326 e. The van der Waals surface area contributed by atoms with Gasteiger partial charge in [-0.2, -0.15) is 0 Å². The maximum absolute atomic E-state index is 12.0. The van der Waals surface area contributed by atoms with Crippen LogP contribution >= 0.6 is 0 Å². The molecule has 1 aromatic carbocycles. The van der Waals surface area contributed by atoms with Gasteiger partial charge in [-0.3, -0.25) is 9.59 Å². The number of carbonyl (C=O) groups is 3. The molecule has 0 saturated carbocycles. The fourth-order valence-corrected chi connectivity index (χ4v) is 1.61. The quantitative estimate of drug-likeness (QED) is 0.706. The second-order valence-electron chi connectivity index (χ2n) is 4.17. The lowest BCUT2D eigenvalue weighted by atomic mass is 10.1. The van der Waals surface area contributed by atoms with Crippen LogP contribution in [-0.2, 0) is 9.59 Å². The Hall–Kier alpha value is -2.57. The van der Waals surface area contributed by atoms with Crippen molar-refractivity contribution in [1.82, 2.24) is 5.32 Å². The molecule has 1 atom stereocenters. The van der Waals surface area contributed by atoms with E-state index in [9.17, 15) is 14.4 Å². The molecule has 0 aromatic heterocycles. The molecular formula is C13H15NO6. The van der Waals surface area contributed by atoms with Crippen molar-refractivity contribution in [2.75, 3.05) is 7.11 Å². The molecule has 7 heteroatoms. The summed E-state index contributed by atoms with van der Waals surface area (Å²) in [4.78, 5) is 33.5. The fraction of sp³-hybridized carbons (Fsp3) is 0.308. The van der Waals surface area contributed by atoms with Crippen LogP contribution in [0.15, 0.2) is 18.2 Å². The lowest BCUT2D eigenvalue weighted by molar-refractivity contribution is -0.145. The zero-order valence-corrected chi connectivity index (χ0v) is 11.0. The number of methoxy groups -OCH3 is 1. The smallest absolute Gasteiger partial charge is 0.326 e. The van der Waals surface area contributed by atoms with Crippen LogP contribution in [0.3, 0.4) is 0 Å². The van der Waals surface area contributed by atoms with Gasteiger partial charge in [-0.25, -0.2) is 4.79 Å². The first-order chi connectivity index (χ1) is 9.35. The van der Waals surface area contributed by atoms with Crippen LogP contribution in [-0.4, -0.2) is 41.2 Å². The number of benzene rings is 1. The van der Waals surface area contributed by atoms with Gasteiger partial charge in [0.05, 0.1) is 19.1 Å². The van der Waals surface area contributed by atoms with E-state index in [0.29, 0.717) is 0 Å². The molecule has 0 unspecified atom stereocenters. The molecule has 0 fully saturated rings. The van der Waals surface area contributed by atoms with Gasteiger partial charge in [0.2, 0.25) is 0 Å². The van der Waals surface area contributed by atoms with E-state index in [4.69, 9.17) is 14.9 Å². The highest BCUT2D eigenvalue weighted by Crippen LogP contribution is 2.19. The molecule has 0 heterocycles. The Balaban J connectivity index is 2.96. The third kappa shape index (κ3) is 3.98. The van der Waals surface area contributed by atoms with E-state index in [1.807, 2.05) is 0 Å². The number of rotatable bonds is 6. The first-order valence-corrected chi connectivity index (χ1v) is 5.75. The van der Waals surface area contributed by atoms with Gasteiger partial charge in [0.25, 0.3) is 5.91 Å². The minimum atomic E-state index is -1.50. The largest absolute Gasteiger partial charge is 0.496 e. The number of carbonyl (C=O) groups excluding carboxylic acids is 1. The summed E-state index contributed by atoms with van der Waals surface area (Å²) in [6.45, 7) is 1.77. The average Bonchev–Trinajstić information content (AvgIpc) is 2.37. The fourth-order valence-electron chi connectivity index (χ4n) is 1.61. The third-order valence-corrected chi connectivity index (χ3v) is 2.58. The van der Waals surface area contributed by atoms with Crippen molar-refractivity contribution in [3.05, 3.63) is 29.3 Å². The van der Waals surface area contributed by atoms with Crippen LogP contribution in [0, 0.1) is 6.92 Å². The van der Waals surface area contributed by atoms with Crippen LogP contribution in [0.1, 0.15) is 22.3 Å².